The minimum atomic E-state index is -4.40. The summed E-state index contributed by atoms with van der Waals surface area (Å²) < 4.78 is 37.2. The average molecular weight is 275 g/mol. The van der Waals surface area contributed by atoms with Crippen molar-refractivity contribution in [1.29, 1.82) is 0 Å². The quantitative estimate of drug-likeness (QED) is 0.638. The van der Waals surface area contributed by atoms with E-state index in [1.807, 2.05) is 0 Å². The first-order chi connectivity index (χ1) is 5.89. The summed E-state index contributed by atoms with van der Waals surface area (Å²) in [7, 11) is 0. The Morgan fingerprint density at radius 3 is 2.62 bits per heavy atom. The number of rotatable bonds is 1. The number of hydrogen-bond acceptors (Lipinski definition) is 0. The first-order valence-electron chi connectivity index (χ1n) is 3.58. The van der Waals surface area contributed by atoms with E-state index in [1.165, 1.54) is 6.08 Å². The van der Waals surface area contributed by atoms with Gasteiger partial charge >= 0.3 is 6.18 Å². The second-order valence-corrected chi connectivity index (χ2v) is 4.09. The van der Waals surface area contributed by atoms with E-state index in [-0.39, 0.29) is 6.42 Å². The number of hydrogen-bond donors (Lipinski definition) is 0. The zero-order valence-electron chi connectivity index (χ0n) is 6.54. The molecule has 0 nitrogen and oxygen atoms in total. The van der Waals surface area contributed by atoms with Crippen molar-refractivity contribution < 1.29 is 13.2 Å². The molecule has 0 saturated carbocycles. The molecule has 13 heavy (non-hydrogen) atoms. The Hall–Kier alpha value is 0.0400. The van der Waals surface area contributed by atoms with Crippen LogP contribution in [0.2, 0.25) is 0 Å². The van der Waals surface area contributed by atoms with Gasteiger partial charge in [-0.2, -0.15) is 13.2 Å². The molecule has 0 aromatic heterocycles. The molecule has 0 aliphatic heterocycles. The summed E-state index contributed by atoms with van der Waals surface area (Å²) in [5.74, 6) is 0. The van der Waals surface area contributed by atoms with Crippen molar-refractivity contribution in [2.24, 2.45) is 0 Å². The topological polar surface area (TPSA) is 0 Å². The molecule has 1 atom stereocenters. The SMILES string of the molecule is FC(F)(F)C1(Cl)C=CC=C(CBr)C1. The fourth-order valence-corrected chi connectivity index (χ4v) is 1.70. The molecule has 0 heterocycles. The first kappa shape index (κ1) is 11.1. The largest absolute Gasteiger partial charge is 0.411 e. The highest BCUT2D eigenvalue weighted by molar-refractivity contribution is 9.09. The maximum Gasteiger partial charge on any atom is 0.411 e. The van der Waals surface area contributed by atoms with E-state index in [9.17, 15) is 13.2 Å². The Labute approximate surface area is 87.6 Å². The Morgan fingerprint density at radius 1 is 1.54 bits per heavy atom. The normalized spacial score (nSPS) is 28.8. The summed E-state index contributed by atoms with van der Waals surface area (Å²) in [6, 6.07) is 0. The third kappa shape index (κ3) is 2.29. The van der Waals surface area contributed by atoms with Gasteiger partial charge in [0.15, 0.2) is 4.87 Å². The van der Waals surface area contributed by atoms with Gasteiger partial charge < -0.3 is 0 Å². The maximum atomic E-state index is 12.4. The lowest BCUT2D eigenvalue weighted by atomic mass is 9.94. The molecule has 1 aliphatic carbocycles. The van der Waals surface area contributed by atoms with Gasteiger partial charge in [0.05, 0.1) is 0 Å². The van der Waals surface area contributed by atoms with Crippen LogP contribution in [-0.4, -0.2) is 16.4 Å². The third-order valence-corrected chi connectivity index (χ3v) is 3.01. The van der Waals surface area contributed by atoms with Crippen molar-refractivity contribution in [3.63, 3.8) is 0 Å². The molecule has 1 unspecified atom stereocenters. The van der Waals surface area contributed by atoms with Gasteiger partial charge in [-0.05, 0) is 0 Å². The van der Waals surface area contributed by atoms with E-state index in [4.69, 9.17) is 11.6 Å². The van der Waals surface area contributed by atoms with Crippen LogP contribution in [0.1, 0.15) is 6.42 Å². The minimum absolute atomic E-state index is 0.181. The van der Waals surface area contributed by atoms with E-state index >= 15 is 0 Å². The van der Waals surface area contributed by atoms with E-state index in [0.717, 1.165) is 6.08 Å². The van der Waals surface area contributed by atoms with E-state index in [2.05, 4.69) is 15.9 Å². The zero-order valence-corrected chi connectivity index (χ0v) is 8.88. The lowest BCUT2D eigenvalue weighted by Gasteiger charge is -2.29. The molecule has 0 spiro atoms. The zero-order chi connectivity index (χ0) is 10.1. The Balaban J connectivity index is 2.87. The number of alkyl halides is 5. The smallest absolute Gasteiger partial charge is 0.169 e. The average Bonchev–Trinajstić information content (AvgIpc) is 2.02. The van der Waals surface area contributed by atoms with Crippen LogP contribution >= 0.6 is 27.5 Å². The molecule has 74 valence electrons. The van der Waals surface area contributed by atoms with Crippen LogP contribution in [0.25, 0.3) is 0 Å². The van der Waals surface area contributed by atoms with Gasteiger partial charge in [-0.1, -0.05) is 39.7 Å². The molecule has 0 bridgehead atoms. The Bertz CT molecular complexity index is 257. The van der Waals surface area contributed by atoms with Gasteiger partial charge in [-0.3, -0.25) is 0 Å². The van der Waals surface area contributed by atoms with Crippen molar-refractivity contribution in [3.05, 3.63) is 23.8 Å². The lowest BCUT2D eigenvalue weighted by Crippen LogP contribution is -2.39. The molecule has 0 radical (unpaired) electrons. The molecular formula is C8H7BrClF3. The standard InChI is InChI=1S/C8H7BrClF3/c9-5-6-2-1-3-7(10,4-6)8(11,12)13/h1-3H,4-5H2. The predicted octanol–water partition coefficient (Wildman–Crippen LogP) is 3.81. The summed E-state index contributed by atoms with van der Waals surface area (Å²) in [6.07, 6.45) is -0.602. The lowest BCUT2D eigenvalue weighted by molar-refractivity contribution is -0.150. The minimum Gasteiger partial charge on any atom is -0.169 e. The van der Waals surface area contributed by atoms with Crippen LogP contribution in [-0.2, 0) is 0 Å². The summed E-state index contributed by atoms with van der Waals surface area (Å²) in [4.78, 5) is -2.22. The second kappa shape index (κ2) is 3.65. The Morgan fingerprint density at radius 2 is 2.15 bits per heavy atom. The van der Waals surface area contributed by atoms with Crippen LogP contribution in [0.3, 0.4) is 0 Å². The summed E-state index contributed by atoms with van der Waals surface area (Å²) >= 11 is 8.55. The van der Waals surface area contributed by atoms with Gasteiger partial charge in [0, 0.05) is 11.8 Å². The van der Waals surface area contributed by atoms with Crippen molar-refractivity contribution in [3.8, 4) is 0 Å². The van der Waals surface area contributed by atoms with Crippen molar-refractivity contribution in [2.45, 2.75) is 17.5 Å². The molecule has 0 amide bonds. The van der Waals surface area contributed by atoms with Gasteiger partial charge in [0.2, 0.25) is 0 Å². The number of allylic oxidation sites excluding steroid dienone is 4. The molecule has 1 rings (SSSR count). The van der Waals surface area contributed by atoms with Crippen molar-refractivity contribution in [2.75, 3.05) is 5.33 Å². The molecule has 0 fully saturated rings. The molecule has 0 saturated heterocycles. The van der Waals surface area contributed by atoms with Crippen LogP contribution in [0.5, 0.6) is 0 Å². The van der Waals surface area contributed by atoms with Gasteiger partial charge in [-0.15, -0.1) is 11.6 Å². The highest BCUT2D eigenvalue weighted by Gasteiger charge is 2.52. The summed E-state index contributed by atoms with van der Waals surface area (Å²) in [6.45, 7) is 0. The number of halogens is 5. The molecular weight excluding hydrogens is 268 g/mol. The summed E-state index contributed by atoms with van der Waals surface area (Å²) in [5, 5.41) is 0.419. The van der Waals surface area contributed by atoms with E-state index in [1.54, 1.807) is 6.08 Å². The summed E-state index contributed by atoms with van der Waals surface area (Å²) in [5.41, 5.74) is 0.648. The molecule has 0 aromatic carbocycles. The van der Waals surface area contributed by atoms with Crippen LogP contribution in [0.15, 0.2) is 23.8 Å². The van der Waals surface area contributed by atoms with Gasteiger partial charge in [-0.25, -0.2) is 0 Å². The van der Waals surface area contributed by atoms with Crippen molar-refractivity contribution >= 4 is 27.5 Å². The first-order valence-corrected chi connectivity index (χ1v) is 5.08. The maximum absolute atomic E-state index is 12.4. The molecule has 0 N–H and O–H groups in total. The van der Waals surface area contributed by atoms with E-state index < -0.39 is 11.1 Å². The second-order valence-electron chi connectivity index (χ2n) is 2.85. The van der Waals surface area contributed by atoms with Crippen LogP contribution in [0.4, 0.5) is 13.2 Å². The molecule has 1 aliphatic rings. The fourth-order valence-electron chi connectivity index (χ4n) is 1.07. The van der Waals surface area contributed by atoms with Gasteiger partial charge in [0.1, 0.15) is 0 Å². The van der Waals surface area contributed by atoms with Gasteiger partial charge in [0.25, 0.3) is 0 Å². The highest BCUT2D eigenvalue weighted by atomic mass is 79.9. The molecule has 0 aromatic rings. The van der Waals surface area contributed by atoms with Crippen LogP contribution < -0.4 is 0 Å². The Kier molecular flexibility index (Phi) is 3.12. The van der Waals surface area contributed by atoms with E-state index in [0.29, 0.717) is 10.9 Å². The predicted molar refractivity (Wildman–Crippen MR) is 50.3 cm³/mol. The highest BCUT2D eigenvalue weighted by Crippen LogP contribution is 2.43. The third-order valence-electron chi connectivity index (χ3n) is 1.82. The fraction of sp³-hybridized carbons (Fsp3) is 0.500. The van der Waals surface area contributed by atoms with Crippen molar-refractivity contribution in [1.82, 2.24) is 0 Å². The molecule has 5 heteroatoms. The monoisotopic (exact) mass is 274 g/mol. The van der Waals surface area contributed by atoms with Crippen LogP contribution in [0, 0.1) is 0 Å².